The summed E-state index contributed by atoms with van der Waals surface area (Å²) >= 11 is 5.18. The van der Waals surface area contributed by atoms with Gasteiger partial charge >= 0.3 is 0 Å². The van der Waals surface area contributed by atoms with E-state index < -0.39 is 0 Å². The summed E-state index contributed by atoms with van der Waals surface area (Å²) in [5.74, 6) is -0.202. The van der Waals surface area contributed by atoms with Gasteiger partial charge < -0.3 is 5.32 Å². The lowest BCUT2D eigenvalue weighted by Gasteiger charge is -2.11. The predicted molar refractivity (Wildman–Crippen MR) is 90.8 cm³/mol. The van der Waals surface area contributed by atoms with Gasteiger partial charge in [-0.3, -0.25) is 10.1 Å². The highest BCUT2D eigenvalue weighted by atomic mass is 32.1. The van der Waals surface area contributed by atoms with Crippen molar-refractivity contribution in [1.82, 2.24) is 5.32 Å². The Morgan fingerprint density at radius 2 is 1.62 bits per heavy atom. The molecule has 0 atom stereocenters. The Kier molecular flexibility index (Phi) is 4.70. The minimum atomic E-state index is -0.202. The highest BCUT2D eigenvalue weighted by molar-refractivity contribution is 7.80. The maximum absolute atomic E-state index is 12.2. The summed E-state index contributed by atoms with van der Waals surface area (Å²) in [5.41, 5.74) is 4.71. The van der Waals surface area contributed by atoms with Crippen molar-refractivity contribution in [3.8, 4) is 0 Å². The molecule has 0 saturated heterocycles. The van der Waals surface area contributed by atoms with Crippen molar-refractivity contribution in [1.29, 1.82) is 0 Å². The average Bonchev–Trinajstić information content (AvgIpc) is 2.37. The summed E-state index contributed by atoms with van der Waals surface area (Å²) in [6, 6.07) is 13.5. The van der Waals surface area contributed by atoms with E-state index in [1.165, 1.54) is 0 Å². The molecule has 0 saturated carbocycles. The van der Waals surface area contributed by atoms with E-state index in [0.29, 0.717) is 10.7 Å². The summed E-state index contributed by atoms with van der Waals surface area (Å²) in [7, 11) is 0. The van der Waals surface area contributed by atoms with Gasteiger partial charge in [0.2, 0.25) is 0 Å². The number of benzene rings is 2. The number of rotatable bonds is 2. The molecular weight excluding hydrogens is 280 g/mol. The van der Waals surface area contributed by atoms with Gasteiger partial charge in [0, 0.05) is 11.3 Å². The topological polar surface area (TPSA) is 41.1 Å². The molecule has 0 aliphatic carbocycles. The molecule has 0 unspecified atom stereocenters. The monoisotopic (exact) mass is 298 g/mol. The van der Waals surface area contributed by atoms with Crippen LogP contribution in [-0.2, 0) is 0 Å². The van der Waals surface area contributed by atoms with Crippen LogP contribution in [0.25, 0.3) is 0 Å². The number of hydrogen-bond donors (Lipinski definition) is 2. The number of thiocarbonyl (C=S) groups is 1. The number of amides is 1. The standard InChI is InChI=1S/C17H18N2OS/c1-11-5-4-6-15(10-11)18-17(21)19-16(20)14-8-12(2)7-13(3)9-14/h4-10H,1-3H3,(H2,18,19,20,21). The average molecular weight is 298 g/mol. The van der Waals surface area contributed by atoms with Crippen LogP contribution in [0.5, 0.6) is 0 Å². The van der Waals surface area contributed by atoms with Crippen molar-refractivity contribution in [2.24, 2.45) is 0 Å². The summed E-state index contributed by atoms with van der Waals surface area (Å²) in [6.07, 6.45) is 0. The van der Waals surface area contributed by atoms with Crippen molar-refractivity contribution in [3.63, 3.8) is 0 Å². The molecule has 0 aliphatic rings. The second-order valence-electron chi connectivity index (χ2n) is 5.15. The molecule has 0 fully saturated rings. The van der Waals surface area contributed by atoms with E-state index in [1.807, 2.05) is 63.2 Å². The van der Waals surface area contributed by atoms with Crippen LogP contribution in [0.3, 0.4) is 0 Å². The third-order valence-corrected chi connectivity index (χ3v) is 3.19. The largest absolute Gasteiger partial charge is 0.332 e. The summed E-state index contributed by atoms with van der Waals surface area (Å²) in [6.45, 7) is 5.93. The minimum absolute atomic E-state index is 0.202. The fraction of sp³-hybridized carbons (Fsp3) is 0.176. The predicted octanol–water partition coefficient (Wildman–Crippen LogP) is 3.74. The summed E-state index contributed by atoms with van der Waals surface area (Å²) in [5, 5.41) is 6.01. The first kappa shape index (κ1) is 15.2. The quantitative estimate of drug-likeness (QED) is 0.830. The van der Waals surface area contributed by atoms with Gasteiger partial charge in [-0.25, -0.2) is 0 Å². The van der Waals surface area contributed by atoms with Crippen LogP contribution in [-0.4, -0.2) is 11.0 Å². The Morgan fingerprint density at radius 1 is 0.952 bits per heavy atom. The molecule has 21 heavy (non-hydrogen) atoms. The molecule has 3 nitrogen and oxygen atoms in total. The van der Waals surface area contributed by atoms with Crippen LogP contribution in [0, 0.1) is 20.8 Å². The Bertz CT molecular complexity index is 675. The van der Waals surface area contributed by atoms with Gasteiger partial charge in [-0.15, -0.1) is 0 Å². The van der Waals surface area contributed by atoms with Crippen LogP contribution < -0.4 is 10.6 Å². The van der Waals surface area contributed by atoms with Gasteiger partial charge in [0.15, 0.2) is 5.11 Å². The molecule has 1 amide bonds. The Labute approximate surface area is 130 Å². The number of hydrogen-bond acceptors (Lipinski definition) is 2. The van der Waals surface area contributed by atoms with E-state index in [1.54, 1.807) is 0 Å². The van der Waals surface area contributed by atoms with E-state index in [4.69, 9.17) is 12.2 Å². The van der Waals surface area contributed by atoms with Crippen molar-refractivity contribution in [2.75, 3.05) is 5.32 Å². The molecule has 0 heterocycles. The van der Waals surface area contributed by atoms with E-state index in [2.05, 4.69) is 10.6 Å². The molecule has 4 heteroatoms. The van der Waals surface area contributed by atoms with Gasteiger partial charge in [0.1, 0.15) is 0 Å². The normalized spacial score (nSPS) is 10.0. The van der Waals surface area contributed by atoms with Crippen LogP contribution >= 0.6 is 12.2 Å². The second kappa shape index (κ2) is 6.50. The Balaban J connectivity index is 2.03. The van der Waals surface area contributed by atoms with E-state index >= 15 is 0 Å². The van der Waals surface area contributed by atoms with Crippen molar-refractivity contribution >= 4 is 28.9 Å². The molecule has 0 bridgehead atoms. The van der Waals surface area contributed by atoms with Gasteiger partial charge in [-0.05, 0) is 62.8 Å². The van der Waals surface area contributed by atoms with E-state index in [-0.39, 0.29) is 5.91 Å². The number of nitrogens with one attached hydrogen (secondary N) is 2. The molecule has 0 radical (unpaired) electrons. The number of carbonyl (C=O) groups is 1. The molecule has 0 spiro atoms. The van der Waals surface area contributed by atoms with Gasteiger partial charge in [0.05, 0.1) is 0 Å². The zero-order chi connectivity index (χ0) is 15.4. The zero-order valence-electron chi connectivity index (χ0n) is 12.4. The summed E-state index contributed by atoms with van der Waals surface area (Å²) < 4.78 is 0. The zero-order valence-corrected chi connectivity index (χ0v) is 13.2. The fourth-order valence-electron chi connectivity index (χ4n) is 2.17. The molecule has 0 aromatic heterocycles. The molecule has 2 aromatic carbocycles. The SMILES string of the molecule is Cc1cccc(NC(=S)NC(=O)c2cc(C)cc(C)c2)c1. The highest BCUT2D eigenvalue weighted by Crippen LogP contribution is 2.10. The van der Waals surface area contributed by atoms with Gasteiger partial charge in [-0.2, -0.15) is 0 Å². The second-order valence-corrected chi connectivity index (χ2v) is 5.56. The maximum Gasteiger partial charge on any atom is 0.257 e. The van der Waals surface area contributed by atoms with E-state index in [9.17, 15) is 4.79 Å². The third kappa shape index (κ3) is 4.39. The Morgan fingerprint density at radius 3 is 2.24 bits per heavy atom. The highest BCUT2D eigenvalue weighted by Gasteiger charge is 2.09. The number of anilines is 1. The first-order valence-electron chi connectivity index (χ1n) is 6.71. The van der Waals surface area contributed by atoms with Crippen molar-refractivity contribution < 1.29 is 4.79 Å². The lowest BCUT2D eigenvalue weighted by atomic mass is 10.1. The van der Waals surface area contributed by atoms with Crippen LogP contribution in [0.2, 0.25) is 0 Å². The van der Waals surface area contributed by atoms with Crippen LogP contribution in [0.4, 0.5) is 5.69 Å². The lowest BCUT2D eigenvalue weighted by molar-refractivity contribution is 0.0977. The first-order valence-corrected chi connectivity index (χ1v) is 7.12. The van der Waals surface area contributed by atoms with Crippen molar-refractivity contribution in [3.05, 3.63) is 64.7 Å². The smallest absolute Gasteiger partial charge is 0.257 e. The number of carbonyl (C=O) groups excluding carboxylic acids is 1. The maximum atomic E-state index is 12.2. The first-order chi connectivity index (χ1) is 9.94. The minimum Gasteiger partial charge on any atom is -0.332 e. The Hall–Kier alpha value is -2.20. The van der Waals surface area contributed by atoms with E-state index in [0.717, 1.165) is 22.4 Å². The van der Waals surface area contributed by atoms with Crippen LogP contribution in [0.15, 0.2) is 42.5 Å². The third-order valence-electron chi connectivity index (χ3n) is 2.99. The van der Waals surface area contributed by atoms with Gasteiger partial charge in [-0.1, -0.05) is 29.3 Å². The molecule has 2 rings (SSSR count). The number of aryl methyl sites for hydroxylation is 3. The molecule has 2 aromatic rings. The van der Waals surface area contributed by atoms with Gasteiger partial charge in [0.25, 0.3) is 5.91 Å². The summed E-state index contributed by atoms with van der Waals surface area (Å²) in [4.78, 5) is 12.2. The van der Waals surface area contributed by atoms with Crippen LogP contribution in [0.1, 0.15) is 27.0 Å². The molecule has 108 valence electrons. The fourth-order valence-corrected chi connectivity index (χ4v) is 2.38. The lowest BCUT2D eigenvalue weighted by Crippen LogP contribution is -2.34. The molecular formula is C17H18N2OS. The van der Waals surface area contributed by atoms with Crippen molar-refractivity contribution in [2.45, 2.75) is 20.8 Å². The molecule has 0 aliphatic heterocycles. The molecule has 2 N–H and O–H groups in total.